The number of carbonyl (C=O) groups excluding carboxylic acids is 1. The van der Waals surface area contributed by atoms with Gasteiger partial charge in [-0.3, -0.25) is 4.79 Å². The first-order chi connectivity index (χ1) is 11.7. The summed E-state index contributed by atoms with van der Waals surface area (Å²) in [4.78, 5) is 20.6. The van der Waals surface area contributed by atoms with Gasteiger partial charge in [-0.1, -0.05) is 12.8 Å². The Morgan fingerprint density at radius 1 is 1.38 bits per heavy atom. The molecule has 1 N–H and O–H groups in total. The Bertz CT molecular complexity index is 830. The lowest BCUT2D eigenvalue weighted by molar-refractivity contribution is 0.0927. The van der Waals surface area contributed by atoms with E-state index in [1.54, 1.807) is 24.8 Å². The summed E-state index contributed by atoms with van der Waals surface area (Å²) in [6.45, 7) is 1.89. The second-order valence-corrected chi connectivity index (χ2v) is 6.03. The molecule has 0 aliphatic heterocycles. The fourth-order valence-electron chi connectivity index (χ4n) is 3.18. The van der Waals surface area contributed by atoms with Crippen LogP contribution in [0, 0.1) is 0 Å². The topological polar surface area (TPSA) is 103 Å². The average Bonchev–Trinajstić information content (AvgIpc) is 3.32. The van der Waals surface area contributed by atoms with Gasteiger partial charge in [0.15, 0.2) is 5.82 Å². The Kier molecular flexibility index (Phi) is 3.68. The highest BCUT2D eigenvalue weighted by Gasteiger charge is 2.24. The van der Waals surface area contributed by atoms with E-state index in [9.17, 15) is 4.79 Å². The SMILES string of the molecule is CC(NC(=O)c1nc2ncccn2n1)c1nncn1C1CCCC1. The van der Waals surface area contributed by atoms with Crippen molar-refractivity contribution in [3.63, 3.8) is 0 Å². The van der Waals surface area contributed by atoms with Crippen LogP contribution in [0.3, 0.4) is 0 Å². The number of aromatic nitrogens is 7. The molecule has 1 fully saturated rings. The summed E-state index contributed by atoms with van der Waals surface area (Å²) in [5, 5.41) is 15.2. The van der Waals surface area contributed by atoms with E-state index < -0.39 is 0 Å². The third-order valence-electron chi connectivity index (χ3n) is 4.37. The van der Waals surface area contributed by atoms with E-state index >= 15 is 0 Å². The summed E-state index contributed by atoms with van der Waals surface area (Å²) in [6.07, 6.45) is 9.77. The Hall–Kier alpha value is -2.84. The number of amides is 1. The molecular formula is C15H18N8O. The van der Waals surface area contributed by atoms with Gasteiger partial charge in [0.25, 0.3) is 11.7 Å². The number of hydrogen-bond acceptors (Lipinski definition) is 6. The van der Waals surface area contributed by atoms with E-state index in [0.29, 0.717) is 11.8 Å². The first-order valence-electron chi connectivity index (χ1n) is 8.10. The molecule has 9 nitrogen and oxygen atoms in total. The van der Waals surface area contributed by atoms with Crippen LogP contribution in [0.4, 0.5) is 0 Å². The average molecular weight is 326 g/mol. The smallest absolute Gasteiger partial charge is 0.291 e. The molecular weight excluding hydrogens is 308 g/mol. The van der Waals surface area contributed by atoms with Crippen molar-refractivity contribution < 1.29 is 4.79 Å². The van der Waals surface area contributed by atoms with Crippen molar-refractivity contribution >= 4 is 11.7 Å². The van der Waals surface area contributed by atoms with Crippen LogP contribution in [-0.2, 0) is 0 Å². The van der Waals surface area contributed by atoms with Crippen molar-refractivity contribution in [2.75, 3.05) is 0 Å². The zero-order valence-electron chi connectivity index (χ0n) is 13.3. The molecule has 0 aromatic carbocycles. The van der Waals surface area contributed by atoms with E-state index in [1.165, 1.54) is 17.4 Å². The lowest BCUT2D eigenvalue weighted by Crippen LogP contribution is -2.30. The van der Waals surface area contributed by atoms with Crippen LogP contribution in [0.15, 0.2) is 24.8 Å². The van der Waals surface area contributed by atoms with Gasteiger partial charge in [-0.25, -0.2) is 9.50 Å². The molecule has 1 unspecified atom stereocenters. The lowest BCUT2D eigenvalue weighted by atomic mass is 10.2. The predicted molar refractivity (Wildman–Crippen MR) is 84.2 cm³/mol. The van der Waals surface area contributed by atoms with Crippen molar-refractivity contribution in [1.82, 2.24) is 39.7 Å². The fourth-order valence-corrected chi connectivity index (χ4v) is 3.18. The van der Waals surface area contributed by atoms with E-state index in [2.05, 4.69) is 35.1 Å². The van der Waals surface area contributed by atoms with Crippen LogP contribution in [0.2, 0.25) is 0 Å². The van der Waals surface area contributed by atoms with Gasteiger partial charge in [0.05, 0.1) is 6.04 Å². The van der Waals surface area contributed by atoms with Crippen LogP contribution >= 0.6 is 0 Å². The summed E-state index contributed by atoms with van der Waals surface area (Å²) in [5.41, 5.74) is 0. The summed E-state index contributed by atoms with van der Waals surface area (Å²) in [5.74, 6) is 0.892. The van der Waals surface area contributed by atoms with E-state index in [1.807, 2.05) is 6.92 Å². The Morgan fingerprint density at radius 2 is 2.21 bits per heavy atom. The Balaban J connectivity index is 1.52. The van der Waals surface area contributed by atoms with Gasteiger partial charge in [-0.05, 0) is 25.8 Å². The highest BCUT2D eigenvalue weighted by atomic mass is 16.2. The second kappa shape index (κ2) is 5.99. The van der Waals surface area contributed by atoms with Gasteiger partial charge in [-0.15, -0.1) is 15.3 Å². The molecule has 3 heterocycles. The van der Waals surface area contributed by atoms with Crippen LogP contribution < -0.4 is 5.32 Å². The highest BCUT2D eigenvalue weighted by Crippen LogP contribution is 2.31. The van der Waals surface area contributed by atoms with Crippen molar-refractivity contribution in [1.29, 1.82) is 0 Å². The van der Waals surface area contributed by atoms with Crippen LogP contribution in [0.25, 0.3) is 5.78 Å². The minimum Gasteiger partial charge on any atom is -0.340 e. The molecule has 1 atom stereocenters. The standard InChI is InChI=1S/C15H18N8O/c1-10(13-20-17-9-22(13)11-5-2-3-6-11)18-14(24)12-19-15-16-7-4-8-23(15)21-12/h4,7-11H,2-3,5-6H2,1H3,(H,18,24). The van der Waals surface area contributed by atoms with Crippen LogP contribution in [-0.4, -0.2) is 40.3 Å². The molecule has 0 bridgehead atoms. The number of carbonyl (C=O) groups is 1. The lowest BCUT2D eigenvalue weighted by Gasteiger charge is -2.18. The van der Waals surface area contributed by atoms with Crippen LogP contribution in [0.5, 0.6) is 0 Å². The van der Waals surface area contributed by atoms with Crippen molar-refractivity contribution in [2.24, 2.45) is 0 Å². The van der Waals surface area contributed by atoms with Gasteiger partial charge in [0, 0.05) is 18.4 Å². The first-order valence-corrected chi connectivity index (χ1v) is 8.10. The molecule has 1 saturated carbocycles. The molecule has 124 valence electrons. The minimum atomic E-state index is -0.353. The van der Waals surface area contributed by atoms with E-state index in [0.717, 1.165) is 18.7 Å². The van der Waals surface area contributed by atoms with E-state index in [4.69, 9.17) is 0 Å². The molecule has 4 rings (SSSR count). The fraction of sp³-hybridized carbons (Fsp3) is 0.467. The number of nitrogens with zero attached hydrogens (tertiary/aromatic N) is 7. The summed E-state index contributed by atoms with van der Waals surface area (Å²) in [6, 6.07) is 1.88. The summed E-state index contributed by atoms with van der Waals surface area (Å²) >= 11 is 0. The van der Waals surface area contributed by atoms with Gasteiger partial charge in [-0.2, -0.15) is 4.98 Å². The summed E-state index contributed by atoms with van der Waals surface area (Å²) in [7, 11) is 0. The maximum absolute atomic E-state index is 12.4. The summed E-state index contributed by atoms with van der Waals surface area (Å²) < 4.78 is 3.55. The molecule has 1 aliphatic carbocycles. The Morgan fingerprint density at radius 3 is 3.00 bits per heavy atom. The third-order valence-corrected chi connectivity index (χ3v) is 4.37. The number of hydrogen-bond donors (Lipinski definition) is 1. The maximum Gasteiger partial charge on any atom is 0.291 e. The van der Waals surface area contributed by atoms with Gasteiger partial charge < -0.3 is 9.88 Å². The number of nitrogens with one attached hydrogen (secondary N) is 1. The molecule has 0 spiro atoms. The van der Waals surface area contributed by atoms with Gasteiger partial charge >= 0.3 is 0 Å². The van der Waals surface area contributed by atoms with Gasteiger partial charge in [0.1, 0.15) is 6.33 Å². The van der Waals surface area contributed by atoms with Crippen molar-refractivity contribution in [2.45, 2.75) is 44.7 Å². The third kappa shape index (κ3) is 2.61. The zero-order valence-corrected chi connectivity index (χ0v) is 13.3. The molecule has 24 heavy (non-hydrogen) atoms. The second-order valence-electron chi connectivity index (χ2n) is 6.03. The van der Waals surface area contributed by atoms with Crippen molar-refractivity contribution in [3.8, 4) is 0 Å². The first kappa shape index (κ1) is 14.7. The molecule has 1 aliphatic rings. The monoisotopic (exact) mass is 326 g/mol. The molecule has 0 saturated heterocycles. The molecule has 3 aromatic rings. The molecule has 3 aromatic heterocycles. The number of rotatable bonds is 4. The largest absolute Gasteiger partial charge is 0.340 e. The van der Waals surface area contributed by atoms with Crippen LogP contribution in [0.1, 0.15) is 61.1 Å². The van der Waals surface area contributed by atoms with E-state index in [-0.39, 0.29) is 17.8 Å². The quantitative estimate of drug-likeness (QED) is 0.775. The highest BCUT2D eigenvalue weighted by molar-refractivity contribution is 5.91. The molecule has 1 amide bonds. The minimum absolute atomic E-state index is 0.0903. The van der Waals surface area contributed by atoms with Gasteiger partial charge in [0.2, 0.25) is 5.82 Å². The normalized spacial score (nSPS) is 16.5. The predicted octanol–water partition coefficient (Wildman–Crippen LogP) is 1.32. The Labute approximate surface area is 138 Å². The zero-order chi connectivity index (χ0) is 16.5. The molecule has 9 heteroatoms. The van der Waals surface area contributed by atoms with Crippen molar-refractivity contribution in [3.05, 3.63) is 36.4 Å². The number of fused-ring (bicyclic) bond motifs is 1. The molecule has 0 radical (unpaired) electrons. The maximum atomic E-state index is 12.4.